The molecule has 2 unspecified atom stereocenters. The molecule has 10 heteroatoms. The van der Waals surface area contributed by atoms with E-state index in [9.17, 15) is 24.6 Å². The first-order valence-corrected chi connectivity index (χ1v) is 10.9. The SMILES string of the molecule is COC(=O)O[C@@H]1c2ccoc2CC2C1[C@@H](OC(C)=O)[C@H](O)[C@]1(O[C@@H](O)CC1(C)C)[C@]2(C)C=O. The number of carbonyl (C=O) groups excluding carboxylic acids is 3. The van der Waals surface area contributed by atoms with E-state index in [0.717, 1.165) is 6.29 Å². The summed E-state index contributed by atoms with van der Waals surface area (Å²) in [4.78, 5) is 37.1. The Morgan fingerprint density at radius 3 is 2.45 bits per heavy atom. The predicted molar refractivity (Wildman–Crippen MR) is 110 cm³/mol. The molecule has 1 saturated heterocycles. The summed E-state index contributed by atoms with van der Waals surface area (Å²) in [6.45, 7) is 6.46. The van der Waals surface area contributed by atoms with Gasteiger partial charge in [-0.1, -0.05) is 13.8 Å². The highest BCUT2D eigenvalue weighted by Crippen LogP contribution is 2.66. The quantitative estimate of drug-likeness (QED) is 0.501. The van der Waals surface area contributed by atoms with Crippen LogP contribution in [0.2, 0.25) is 0 Å². The van der Waals surface area contributed by atoms with Crippen LogP contribution < -0.4 is 0 Å². The Morgan fingerprint density at radius 1 is 1.21 bits per heavy atom. The Bertz CT molecular complexity index is 953. The fraction of sp³-hybridized carbons (Fsp3) is 0.696. The minimum atomic E-state index is -1.59. The first kappa shape index (κ1) is 23.7. The molecule has 1 aromatic heterocycles. The van der Waals surface area contributed by atoms with E-state index in [1.807, 2.05) is 0 Å². The number of carbonyl (C=O) groups is 3. The van der Waals surface area contributed by atoms with Gasteiger partial charge in [-0.05, 0) is 18.9 Å². The molecule has 0 amide bonds. The highest BCUT2D eigenvalue weighted by Gasteiger charge is 2.76. The summed E-state index contributed by atoms with van der Waals surface area (Å²) in [6, 6.07) is 1.64. The average molecular weight is 466 g/mol. The number of aliphatic hydroxyl groups excluding tert-OH is 2. The maximum atomic E-state index is 12.9. The molecule has 10 nitrogen and oxygen atoms in total. The smallest absolute Gasteiger partial charge is 0.469 e. The summed E-state index contributed by atoms with van der Waals surface area (Å²) >= 11 is 0. The molecule has 0 radical (unpaired) electrons. The summed E-state index contributed by atoms with van der Waals surface area (Å²) in [5.74, 6) is -1.61. The third-order valence-corrected chi connectivity index (χ3v) is 7.93. The molecule has 3 aliphatic rings. The number of esters is 1. The van der Waals surface area contributed by atoms with Gasteiger partial charge in [-0.15, -0.1) is 0 Å². The van der Waals surface area contributed by atoms with Crippen LogP contribution in [0.15, 0.2) is 16.7 Å². The van der Waals surface area contributed by atoms with E-state index in [4.69, 9.17) is 23.4 Å². The number of furan rings is 1. The van der Waals surface area contributed by atoms with Gasteiger partial charge in [0.05, 0.1) is 18.8 Å². The number of fused-ring (bicyclic) bond motifs is 2. The lowest BCUT2D eigenvalue weighted by Gasteiger charge is -2.63. The van der Waals surface area contributed by atoms with Crippen molar-refractivity contribution < 1.29 is 48.0 Å². The lowest BCUT2D eigenvalue weighted by Crippen LogP contribution is -2.75. The monoisotopic (exact) mass is 466 g/mol. The van der Waals surface area contributed by atoms with Gasteiger partial charge < -0.3 is 38.4 Å². The molecule has 1 saturated carbocycles. The summed E-state index contributed by atoms with van der Waals surface area (Å²) in [7, 11) is 1.17. The van der Waals surface area contributed by atoms with Crippen molar-refractivity contribution in [2.24, 2.45) is 22.7 Å². The number of methoxy groups -OCH3 is 1. The molecule has 182 valence electrons. The molecule has 0 aromatic carbocycles. The molecule has 4 rings (SSSR count). The molecule has 1 spiro atoms. The second kappa shape index (κ2) is 7.82. The fourth-order valence-corrected chi connectivity index (χ4v) is 6.71. The zero-order valence-corrected chi connectivity index (χ0v) is 19.3. The van der Waals surface area contributed by atoms with Crippen LogP contribution >= 0.6 is 0 Å². The van der Waals surface area contributed by atoms with Gasteiger partial charge in [0.25, 0.3) is 0 Å². The summed E-state index contributed by atoms with van der Waals surface area (Å²) in [5.41, 5.74) is -3.31. The molecule has 2 N–H and O–H groups in total. The maximum absolute atomic E-state index is 12.9. The van der Waals surface area contributed by atoms with E-state index in [1.165, 1.54) is 20.3 Å². The molecular weight excluding hydrogens is 436 g/mol. The first-order valence-electron chi connectivity index (χ1n) is 10.9. The number of ether oxygens (including phenoxy) is 4. The maximum Gasteiger partial charge on any atom is 0.508 e. The number of aldehydes is 1. The minimum Gasteiger partial charge on any atom is -0.469 e. The number of hydrogen-bond acceptors (Lipinski definition) is 10. The number of rotatable bonds is 3. The summed E-state index contributed by atoms with van der Waals surface area (Å²) < 4.78 is 27.6. The lowest BCUT2D eigenvalue weighted by molar-refractivity contribution is -0.307. The van der Waals surface area contributed by atoms with Gasteiger partial charge >= 0.3 is 12.1 Å². The van der Waals surface area contributed by atoms with Crippen LogP contribution in [-0.2, 0) is 35.0 Å². The highest BCUT2D eigenvalue weighted by molar-refractivity contribution is 5.68. The standard InChI is InChI=1S/C23H30O10/c1-11(25)31-18-16-13(8-14-12(6-7-30-14)17(16)32-20(28)29-5)22(4,10-24)23(19(18)27)21(2,3)9-15(26)33-23/h6-7,10,13,15-19,26-27H,8-9H2,1-5H3/t13?,15-,16?,17-,18-,19+,22-,23-/m1/s1. The fourth-order valence-electron chi connectivity index (χ4n) is 6.71. The summed E-state index contributed by atoms with van der Waals surface area (Å²) in [6.07, 6.45) is -3.36. The van der Waals surface area contributed by atoms with Gasteiger partial charge in [-0.25, -0.2) is 4.79 Å². The zero-order valence-electron chi connectivity index (χ0n) is 19.3. The second-order valence-corrected chi connectivity index (χ2v) is 10.00. The van der Waals surface area contributed by atoms with Crippen LogP contribution in [0.25, 0.3) is 0 Å². The van der Waals surface area contributed by atoms with Crippen LogP contribution in [-0.4, -0.2) is 59.8 Å². The molecule has 2 heterocycles. The minimum absolute atomic E-state index is 0.158. The van der Waals surface area contributed by atoms with E-state index in [2.05, 4.69) is 0 Å². The Hall–Kier alpha value is -2.43. The van der Waals surface area contributed by atoms with E-state index < -0.39 is 65.0 Å². The van der Waals surface area contributed by atoms with E-state index in [0.29, 0.717) is 11.3 Å². The Kier molecular flexibility index (Phi) is 5.62. The lowest BCUT2D eigenvalue weighted by atomic mass is 9.44. The zero-order chi connectivity index (χ0) is 24.3. The number of hydrogen-bond donors (Lipinski definition) is 2. The predicted octanol–water partition coefficient (Wildman–Crippen LogP) is 1.91. The van der Waals surface area contributed by atoms with Crippen LogP contribution in [0.1, 0.15) is 51.5 Å². The molecule has 8 atom stereocenters. The van der Waals surface area contributed by atoms with Crippen LogP contribution in [0.5, 0.6) is 0 Å². The first-order chi connectivity index (χ1) is 15.4. The normalized spacial score (nSPS) is 41.1. The Morgan fingerprint density at radius 2 is 1.91 bits per heavy atom. The van der Waals surface area contributed by atoms with Gasteiger partial charge in [-0.2, -0.15) is 0 Å². The highest BCUT2D eigenvalue weighted by atomic mass is 16.7. The van der Waals surface area contributed by atoms with Crippen molar-refractivity contribution in [3.8, 4) is 0 Å². The van der Waals surface area contributed by atoms with Crippen molar-refractivity contribution in [2.45, 2.75) is 70.7 Å². The molecule has 2 aliphatic carbocycles. The molecule has 2 fully saturated rings. The van der Waals surface area contributed by atoms with Crippen LogP contribution in [0, 0.1) is 22.7 Å². The third-order valence-electron chi connectivity index (χ3n) is 7.93. The molecule has 0 bridgehead atoms. The largest absolute Gasteiger partial charge is 0.508 e. The van der Waals surface area contributed by atoms with Gasteiger partial charge in [0, 0.05) is 36.7 Å². The van der Waals surface area contributed by atoms with Gasteiger partial charge in [-0.3, -0.25) is 4.79 Å². The van der Waals surface area contributed by atoms with Crippen molar-refractivity contribution >= 4 is 18.4 Å². The van der Waals surface area contributed by atoms with Crippen LogP contribution in [0.3, 0.4) is 0 Å². The van der Waals surface area contributed by atoms with E-state index in [-0.39, 0.29) is 12.8 Å². The number of aliphatic hydroxyl groups is 2. The average Bonchev–Trinajstić information content (AvgIpc) is 3.31. The van der Waals surface area contributed by atoms with E-state index >= 15 is 0 Å². The summed E-state index contributed by atoms with van der Waals surface area (Å²) in [5, 5.41) is 22.2. The Balaban J connectivity index is 1.95. The topological polar surface area (TPSA) is 142 Å². The second-order valence-electron chi connectivity index (χ2n) is 10.00. The van der Waals surface area contributed by atoms with Crippen molar-refractivity contribution in [2.75, 3.05) is 7.11 Å². The van der Waals surface area contributed by atoms with Gasteiger partial charge in [0.1, 0.15) is 36.0 Å². The van der Waals surface area contributed by atoms with Crippen molar-refractivity contribution in [1.82, 2.24) is 0 Å². The molecule has 1 aliphatic heterocycles. The Labute approximate surface area is 191 Å². The van der Waals surface area contributed by atoms with Crippen molar-refractivity contribution in [1.29, 1.82) is 0 Å². The molecule has 1 aromatic rings. The van der Waals surface area contributed by atoms with Gasteiger partial charge in [0.2, 0.25) is 0 Å². The molecular formula is C23H30O10. The molecule has 33 heavy (non-hydrogen) atoms. The van der Waals surface area contributed by atoms with Crippen LogP contribution in [0.4, 0.5) is 4.79 Å². The van der Waals surface area contributed by atoms with Gasteiger partial charge in [0.15, 0.2) is 6.29 Å². The van der Waals surface area contributed by atoms with E-state index in [1.54, 1.807) is 26.8 Å². The van der Waals surface area contributed by atoms with Crippen molar-refractivity contribution in [3.05, 3.63) is 23.7 Å². The van der Waals surface area contributed by atoms with Crippen molar-refractivity contribution in [3.63, 3.8) is 0 Å². The third kappa shape index (κ3) is 3.14.